The lowest BCUT2D eigenvalue weighted by molar-refractivity contribution is 0.0735. The van der Waals surface area contributed by atoms with Crippen LogP contribution in [0.5, 0.6) is 0 Å². The Labute approximate surface area is 235 Å². The number of hydrogen-bond acceptors (Lipinski definition) is 9. The van der Waals surface area contributed by atoms with Crippen LogP contribution in [0.2, 0.25) is 0 Å². The molecule has 0 unspecified atom stereocenters. The van der Waals surface area contributed by atoms with Crippen LogP contribution >= 0.6 is 22.7 Å². The van der Waals surface area contributed by atoms with Gasteiger partial charge in [-0.25, -0.2) is 9.97 Å². The number of thiazole rings is 2. The molecule has 0 aliphatic carbocycles. The first-order valence-electron chi connectivity index (χ1n) is 12.8. The van der Waals surface area contributed by atoms with Crippen LogP contribution in [0.25, 0.3) is 22.0 Å². The van der Waals surface area contributed by atoms with Crippen molar-refractivity contribution in [3.63, 3.8) is 0 Å². The minimum absolute atomic E-state index is 0.00117. The molecule has 2 atom stereocenters. The maximum absolute atomic E-state index is 13.7. The first-order valence-corrected chi connectivity index (χ1v) is 14.5. The summed E-state index contributed by atoms with van der Waals surface area (Å²) < 4.78 is 5.76. The van der Waals surface area contributed by atoms with Gasteiger partial charge in [0.25, 0.3) is 5.91 Å². The quantitative estimate of drug-likeness (QED) is 0.258. The third-order valence-corrected chi connectivity index (χ3v) is 8.20. The molecule has 200 valence electrons. The molecule has 8 nitrogen and oxygen atoms in total. The summed E-state index contributed by atoms with van der Waals surface area (Å²) >= 11 is 3.12. The Hall–Kier alpha value is -3.73. The fourth-order valence-electron chi connectivity index (χ4n) is 4.39. The van der Waals surface area contributed by atoms with Gasteiger partial charge in [0.15, 0.2) is 0 Å². The second kappa shape index (κ2) is 12.0. The van der Waals surface area contributed by atoms with Crippen LogP contribution < -0.4 is 5.73 Å². The molecule has 1 aliphatic heterocycles. The predicted molar refractivity (Wildman–Crippen MR) is 154 cm³/mol. The number of aromatic nitrogens is 4. The fraction of sp³-hybridized carbons (Fsp3) is 0.276. The molecule has 10 heteroatoms. The number of nitrogens with zero attached hydrogens (tertiary/aromatic N) is 5. The highest BCUT2D eigenvalue weighted by Gasteiger charge is 2.33. The molecule has 2 aromatic carbocycles. The van der Waals surface area contributed by atoms with Crippen molar-refractivity contribution in [3.05, 3.63) is 93.2 Å². The average molecular weight is 559 g/mol. The Morgan fingerprint density at radius 3 is 2.51 bits per heavy atom. The molecule has 1 fully saturated rings. The normalized spacial score (nSPS) is 15.6. The van der Waals surface area contributed by atoms with E-state index in [4.69, 9.17) is 10.2 Å². The Bertz CT molecular complexity index is 1530. The Kier molecular flexibility index (Phi) is 8.25. The molecule has 1 saturated heterocycles. The van der Waals surface area contributed by atoms with Gasteiger partial charge in [-0.1, -0.05) is 35.9 Å². The molecule has 1 amide bonds. The molecule has 0 radical (unpaired) electrons. The lowest BCUT2D eigenvalue weighted by Crippen LogP contribution is -2.30. The van der Waals surface area contributed by atoms with Gasteiger partial charge < -0.3 is 15.1 Å². The third-order valence-electron chi connectivity index (χ3n) is 6.31. The second-order valence-corrected chi connectivity index (χ2v) is 11.3. The Morgan fingerprint density at radius 1 is 1.10 bits per heavy atom. The van der Waals surface area contributed by atoms with Crippen LogP contribution in [0.15, 0.2) is 69.9 Å². The number of nitrogens with two attached hydrogens (primary N) is 1. The zero-order chi connectivity index (χ0) is 27.4. The van der Waals surface area contributed by atoms with Crippen molar-refractivity contribution in [1.82, 2.24) is 25.1 Å². The number of hydrogen-bond donors (Lipinski definition) is 1. The fourth-order valence-corrected chi connectivity index (χ4v) is 5.96. The van der Waals surface area contributed by atoms with Gasteiger partial charge in [-0.15, -0.1) is 32.9 Å². The Morgan fingerprint density at radius 2 is 1.90 bits per heavy atom. The number of amides is 1. The van der Waals surface area contributed by atoms with Crippen LogP contribution in [-0.2, 0) is 0 Å². The van der Waals surface area contributed by atoms with Crippen molar-refractivity contribution in [1.29, 1.82) is 0 Å². The van der Waals surface area contributed by atoms with E-state index in [2.05, 4.69) is 39.2 Å². The number of likely N-dealkylation sites (tertiary alicyclic amines) is 1. The van der Waals surface area contributed by atoms with Crippen molar-refractivity contribution in [2.24, 2.45) is 5.73 Å². The number of aryl methyl sites for hydroxylation is 2. The molecule has 3 aromatic heterocycles. The largest absolute Gasteiger partial charge is 0.419 e. The SMILES string of the molecule is Cc1ccccc1.Cc1csc([C@H]2CCCN2C(=O)c2cc(-c3nnc([C@H](C)N)o3)cc(-c3nccs3)c2)n1. The van der Waals surface area contributed by atoms with Gasteiger partial charge in [-0.3, -0.25) is 4.79 Å². The van der Waals surface area contributed by atoms with Crippen molar-refractivity contribution < 1.29 is 9.21 Å². The van der Waals surface area contributed by atoms with E-state index in [1.165, 1.54) is 16.9 Å². The highest BCUT2D eigenvalue weighted by molar-refractivity contribution is 7.13. The van der Waals surface area contributed by atoms with Crippen molar-refractivity contribution in [2.75, 3.05) is 6.54 Å². The molecule has 0 spiro atoms. The van der Waals surface area contributed by atoms with E-state index in [-0.39, 0.29) is 18.0 Å². The highest BCUT2D eigenvalue weighted by atomic mass is 32.1. The molecule has 0 bridgehead atoms. The molecule has 5 aromatic rings. The summed E-state index contributed by atoms with van der Waals surface area (Å²) in [4.78, 5) is 24.6. The van der Waals surface area contributed by atoms with Crippen molar-refractivity contribution in [3.8, 4) is 22.0 Å². The molecule has 0 saturated carbocycles. The van der Waals surface area contributed by atoms with Gasteiger partial charge in [-0.05, 0) is 51.8 Å². The van der Waals surface area contributed by atoms with Crippen LogP contribution in [-0.4, -0.2) is 37.5 Å². The van der Waals surface area contributed by atoms with E-state index < -0.39 is 0 Å². The van der Waals surface area contributed by atoms with E-state index in [1.54, 1.807) is 30.5 Å². The van der Waals surface area contributed by atoms with Gasteiger partial charge in [-0.2, -0.15) is 0 Å². The molecular formula is C29H30N6O2S2. The highest BCUT2D eigenvalue weighted by Crippen LogP contribution is 2.36. The summed E-state index contributed by atoms with van der Waals surface area (Å²) in [7, 11) is 0. The van der Waals surface area contributed by atoms with Crippen LogP contribution in [0.4, 0.5) is 0 Å². The number of carbonyl (C=O) groups excluding carboxylic acids is 1. The lowest BCUT2D eigenvalue weighted by Gasteiger charge is -2.23. The van der Waals surface area contributed by atoms with Gasteiger partial charge in [0.05, 0.1) is 12.1 Å². The third kappa shape index (κ3) is 6.30. The standard InChI is InChI=1S/C22H22N6O2S2.C7H8/c1-12-11-32-21(25-12)17-4-3-6-28(17)22(29)16-9-14(19-27-26-18(30-19)13(2)23)8-15(10-16)20-24-5-7-31-20;1-7-5-3-2-4-6-7/h5,7-11,13,17H,3-4,6,23H2,1-2H3;2-6H,1H3/t13-,17+;/m0./s1. The average Bonchev–Trinajstić information content (AvgIpc) is 3.75. The molecule has 2 N–H and O–H groups in total. The monoisotopic (exact) mass is 558 g/mol. The molecular weight excluding hydrogens is 528 g/mol. The van der Waals surface area contributed by atoms with Crippen molar-refractivity contribution in [2.45, 2.75) is 45.7 Å². The maximum Gasteiger partial charge on any atom is 0.254 e. The summed E-state index contributed by atoms with van der Waals surface area (Å²) in [6, 6.07) is 15.5. The summed E-state index contributed by atoms with van der Waals surface area (Å²) in [5.74, 6) is 0.650. The van der Waals surface area contributed by atoms with E-state index in [0.717, 1.165) is 34.1 Å². The van der Waals surface area contributed by atoms with Crippen LogP contribution in [0.3, 0.4) is 0 Å². The molecule has 6 rings (SSSR count). The first-order chi connectivity index (χ1) is 18.9. The van der Waals surface area contributed by atoms with Crippen LogP contribution in [0.1, 0.15) is 64.4 Å². The van der Waals surface area contributed by atoms with E-state index >= 15 is 0 Å². The summed E-state index contributed by atoms with van der Waals surface area (Å²) in [6.07, 6.45) is 3.62. The van der Waals surface area contributed by atoms with E-state index in [9.17, 15) is 4.79 Å². The minimum Gasteiger partial charge on any atom is -0.419 e. The Balaban J connectivity index is 0.000000384. The van der Waals surface area contributed by atoms with Crippen LogP contribution in [0, 0.1) is 13.8 Å². The molecule has 39 heavy (non-hydrogen) atoms. The number of carbonyl (C=O) groups is 1. The molecule has 4 heterocycles. The maximum atomic E-state index is 13.7. The predicted octanol–water partition coefficient (Wildman–Crippen LogP) is 6.62. The van der Waals surface area contributed by atoms with E-state index in [0.29, 0.717) is 29.5 Å². The van der Waals surface area contributed by atoms with Gasteiger partial charge in [0.2, 0.25) is 11.8 Å². The number of rotatable bonds is 5. The summed E-state index contributed by atoms with van der Waals surface area (Å²) in [5.41, 5.74) is 10.2. The van der Waals surface area contributed by atoms with Crippen molar-refractivity contribution >= 4 is 28.6 Å². The minimum atomic E-state index is -0.369. The lowest BCUT2D eigenvalue weighted by atomic mass is 10.0. The summed E-state index contributed by atoms with van der Waals surface area (Å²) in [6.45, 7) is 6.55. The number of benzene rings is 2. The first kappa shape index (κ1) is 26.9. The smallest absolute Gasteiger partial charge is 0.254 e. The van der Waals surface area contributed by atoms with Gasteiger partial charge in [0.1, 0.15) is 10.0 Å². The topological polar surface area (TPSA) is 111 Å². The zero-order valence-corrected chi connectivity index (χ0v) is 23.7. The van der Waals surface area contributed by atoms with E-state index in [1.807, 2.05) is 52.9 Å². The second-order valence-electron chi connectivity index (χ2n) is 9.51. The summed E-state index contributed by atoms with van der Waals surface area (Å²) in [5, 5.41) is 13.9. The molecule has 1 aliphatic rings. The zero-order valence-electron chi connectivity index (χ0n) is 22.1. The van der Waals surface area contributed by atoms with Gasteiger partial charge >= 0.3 is 0 Å². The van der Waals surface area contributed by atoms with Gasteiger partial charge in [0, 0.05) is 45.9 Å².